The van der Waals surface area contributed by atoms with Gasteiger partial charge in [-0.1, -0.05) is 13.0 Å². The van der Waals surface area contributed by atoms with Gasteiger partial charge in [-0.3, -0.25) is 4.79 Å². The van der Waals surface area contributed by atoms with Crippen molar-refractivity contribution in [2.75, 3.05) is 37.4 Å². The normalized spacial score (nSPS) is 24.4. The van der Waals surface area contributed by atoms with Gasteiger partial charge in [0.15, 0.2) is 0 Å². The number of anilines is 2. The number of nitrogens with two attached hydrogens (primary N) is 2. The van der Waals surface area contributed by atoms with Crippen molar-refractivity contribution in [2.45, 2.75) is 45.2 Å². The van der Waals surface area contributed by atoms with Crippen molar-refractivity contribution in [3.63, 3.8) is 0 Å². The molecular weight excluding hydrogens is 450 g/mol. The van der Waals surface area contributed by atoms with Crippen LogP contribution in [0.15, 0.2) is 18.3 Å². The molecule has 0 aromatic carbocycles. The zero-order chi connectivity index (χ0) is 24.0. The van der Waals surface area contributed by atoms with E-state index in [0.717, 1.165) is 54.1 Å². The third kappa shape index (κ3) is 4.10. The SMILES string of the molecule is COCC1(C)CN(c2ccc3c(n2)CCC(NC(=O)c2sc4nc(C)ncc4c2N)C3)CC1N. The van der Waals surface area contributed by atoms with Gasteiger partial charge in [-0.2, -0.15) is 0 Å². The van der Waals surface area contributed by atoms with Crippen LogP contribution in [0.5, 0.6) is 0 Å². The zero-order valence-electron chi connectivity index (χ0n) is 19.8. The lowest BCUT2D eigenvalue weighted by Crippen LogP contribution is -2.41. The average molecular weight is 482 g/mol. The van der Waals surface area contributed by atoms with Crippen molar-refractivity contribution in [1.29, 1.82) is 0 Å². The lowest BCUT2D eigenvalue weighted by Gasteiger charge is -2.28. The molecule has 2 aliphatic rings. The summed E-state index contributed by atoms with van der Waals surface area (Å²) in [7, 11) is 1.72. The van der Waals surface area contributed by atoms with E-state index in [1.165, 1.54) is 16.9 Å². The van der Waals surface area contributed by atoms with Crippen molar-refractivity contribution < 1.29 is 9.53 Å². The highest BCUT2D eigenvalue weighted by Gasteiger charge is 2.41. The Balaban J connectivity index is 1.27. The Kier molecular flexibility index (Phi) is 5.91. The molecule has 1 aliphatic heterocycles. The summed E-state index contributed by atoms with van der Waals surface area (Å²) in [5.41, 5.74) is 15.3. The first kappa shape index (κ1) is 22.9. The molecule has 5 rings (SSSR count). The fourth-order valence-corrected chi connectivity index (χ4v) is 6.05. The highest BCUT2D eigenvalue weighted by atomic mass is 32.1. The summed E-state index contributed by atoms with van der Waals surface area (Å²) in [5.74, 6) is 1.47. The van der Waals surface area contributed by atoms with Crippen molar-refractivity contribution >= 4 is 39.0 Å². The average Bonchev–Trinajstić information content (AvgIpc) is 3.29. The van der Waals surface area contributed by atoms with E-state index >= 15 is 0 Å². The summed E-state index contributed by atoms with van der Waals surface area (Å²) in [6, 6.07) is 4.29. The maximum Gasteiger partial charge on any atom is 0.263 e. The summed E-state index contributed by atoms with van der Waals surface area (Å²) in [4.78, 5) is 30.1. The predicted molar refractivity (Wildman–Crippen MR) is 134 cm³/mol. The number of pyridine rings is 1. The number of aromatic nitrogens is 3. The molecule has 1 saturated heterocycles. The molecule has 1 fully saturated rings. The number of rotatable bonds is 5. The molecule has 9 nitrogen and oxygen atoms in total. The summed E-state index contributed by atoms with van der Waals surface area (Å²) in [5, 5.41) is 3.90. The fraction of sp³-hybridized carbons (Fsp3) is 0.500. The second-order valence-electron chi connectivity index (χ2n) is 9.74. The first-order valence-electron chi connectivity index (χ1n) is 11.6. The Morgan fingerprint density at radius 2 is 2.21 bits per heavy atom. The largest absolute Gasteiger partial charge is 0.397 e. The molecule has 1 amide bonds. The first-order chi connectivity index (χ1) is 16.3. The second-order valence-corrected chi connectivity index (χ2v) is 10.7. The standard InChI is InChI=1S/C24H31N7O2S/c1-13-27-9-16-20(26)21(34-23(16)28-13)22(32)29-15-5-6-17-14(8-15)4-7-19(30-17)31-10-18(25)24(2,11-31)12-33-3/h4,7,9,15,18H,5-6,8,10-12,25-26H2,1-3H3,(H,29,32). The molecule has 34 heavy (non-hydrogen) atoms. The summed E-state index contributed by atoms with van der Waals surface area (Å²) in [6.07, 6.45) is 4.08. The van der Waals surface area contributed by atoms with E-state index in [1.807, 2.05) is 6.92 Å². The maximum absolute atomic E-state index is 13.0. The number of thiophene rings is 1. The molecule has 1 aliphatic carbocycles. The third-order valence-corrected chi connectivity index (χ3v) is 8.18. The minimum atomic E-state index is -0.153. The number of aryl methyl sites for hydroxylation is 2. The van der Waals surface area contributed by atoms with E-state index in [4.69, 9.17) is 21.2 Å². The molecule has 10 heteroatoms. The highest BCUT2D eigenvalue weighted by Crippen LogP contribution is 2.34. The molecule has 180 valence electrons. The van der Waals surface area contributed by atoms with Crippen LogP contribution < -0.4 is 21.7 Å². The van der Waals surface area contributed by atoms with Gasteiger partial charge in [0.05, 0.1) is 17.7 Å². The van der Waals surface area contributed by atoms with Gasteiger partial charge >= 0.3 is 0 Å². The van der Waals surface area contributed by atoms with E-state index < -0.39 is 0 Å². The number of carbonyl (C=O) groups excluding carboxylic acids is 1. The number of fused-ring (bicyclic) bond motifs is 2. The van der Waals surface area contributed by atoms with Gasteiger partial charge in [-0.25, -0.2) is 15.0 Å². The smallest absolute Gasteiger partial charge is 0.263 e. The molecule has 3 unspecified atom stereocenters. The van der Waals surface area contributed by atoms with Crippen LogP contribution >= 0.6 is 11.3 Å². The summed E-state index contributed by atoms with van der Waals surface area (Å²) < 4.78 is 5.40. The van der Waals surface area contributed by atoms with Gasteiger partial charge < -0.3 is 26.4 Å². The quantitative estimate of drug-likeness (QED) is 0.504. The number of hydrogen-bond donors (Lipinski definition) is 3. The lowest BCUT2D eigenvalue weighted by atomic mass is 9.87. The van der Waals surface area contributed by atoms with E-state index in [9.17, 15) is 4.79 Å². The van der Waals surface area contributed by atoms with Crippen molar-refractivity contribution in [2.24, 2.45) is 11.1 Å². The Bertz CT molecular complexity index is 1250. The molecule has 5 N–H and O–H groups in total. The van der Waals surface area contributed by atoms with E-state index in [-0.39, 0.29) is 23.4 Å². The van der Waals surface area contributed by atoms with Gasteiger partial charge in [0, 0.05) is 49.6 Å². The van der Waals surface area contributed by atoms with Crippen LogP contribution in [0.2, 0.25) is 0 Å². The van der Waals surface area contributed by atoms with Gasteiger partial charge in [-0.15, -0.1) is 11.3 Å². The number of methoxy groups -OCH3 is 1. The van der Waals surface area contributed by atoms with Gasteiger partial charge in [0.25, 0.3) is 5.91 Å². The monoisotopic (exact) mass is 481 g/mol. The minimum absolute atomic E-state index is 0.0373. The Labute approximate surface area is 202 Å². The summed E-state index contributed by atoms with van der Waals surface area (Å²) >= 11 is 1.31. The van der Waals surface area contributed by atoms with Gasteiger partial charge in [0.1, 0.15) is 21.3 Å². The number of carbonyl (C=O) groups is 1. The van der Waals surface area contributed by atoms with Crippen molar-refractivity contribution in [1.82, 2.24) is 20.3 Å². The molecule has 0 bridgehead atoms. The molecule has 3 atom stereocenters. The van der Waals surface area contributed by atoms with Crippen LogP contribution in [0, 0.1) is 12.3 Å². The van der Waals surface area contributed by atoms with E-state index in [1.54, 1.807) is 13.3 Å². The third-order valence-electron chi connectivity index (χ3n) is 7.06. The highest BCUT2D eigenvalue weighted by molar-refractivity contribution is 7.21. The van der Waals surface area contributed by atoms with Crippen LogP contribution in [-0.2, 0) is 17.6 Å². The van der Waals surface area contributed by atoms with Crippen molar-refractivity contribution in [3.05, 3.63) is 40.3 Å². The van der Waals surface area contributed by atoms with Crippen LogP contribution in [0.1, 0.15) is 40.1 Å². The summed E-state index contributed by atoms with van der Waals surface area (Å²) in [6.45, 7) is 6.22. The van der Waals surface area contributed by atoms with Crippen LogP contribution in [0.4, 0.5) is 11.5 Å². The molecule has 3 aromatic rings. The van der Waals surface area contributed by atoms with Gasteiger partial charge in [0.2, 0.25) is 0 Å². The molecule has 0 radical (unpaired) electrons. The Morgan fingerprint density at radius 1 is 1.38 bits per heavy atom. The second kappa shape index (κ2) is 8.75. The number of nitrogens with zero attached hydrogens (tertiary/aromatic N) is 4. The zero-order valence-corrected chi connectivity index (χ0v) is 20.6. The number of hydrogen-bond acceptors (Lipinski definition) is 9. The predicted octanol–water partition coefficient (Wildman–Crippen LogP) is 2.06. The molecule has 3 aromatic heterocycles. The number of amides is 1. The van der Waals surface area contributed by atoms with Crippen LogP contribution in [-0.4, -0.2) is 59.7 Å². The fourth-order valence-electron chi connectivity index (χ4n) is 5.04. The Morgan fingerprint density at radius 3 is 3.00 bits per heavy atom. The molecular formula is C24H31N7O2S. The first-order valence-corrected chi connectivity index (χ1v) is 12.4. The van der Waals surface area contributed by atoms with Crippen LogP contribution in [0.25, 0.3) is 10.2 Å². The topological polar surface area (TPSA) is 132 Å². The number of nitrogen functional groups attached to an aromatic ring is 1. The number of nitrogens with one attached hydrogen (secondary N) is 1. The number of ether oxygens (including phenoxy) is 1. The maximum atomic E-state index is 13.0. The van der Waals surface area contributed by atoms with E-state index in [2.05, 4.69) is 39.2 Å². The Hall–Kier alpha value is -2.82. The van der Waals surface area contributed by atoms with E-state index in [0.29, 0.717) is 23.0 Å². The molecule has 0 saturated carbocycles. The minimum Gasteiger partial charge on any atom is -0.397 e. The molecule has 0 spiro atoms. The molecule has 4 heterocycles. The lowest BCUT2D eigenvalue weighted by molar-refractivity contribution is 0.0938. The van der Waals surface area contributed by atoms with Crippen LogP contribution in [0.3, 0.4) is 0 Å². The van der Waals surface area contributed by atoms with Gasteiger partial charge in [-0.05, 0) is 37.8 Å². The van der Waals surface area contributed by atoms with Crippen molar-refractivity contribution in [3.8, 4) is 0 Å².